The van der Waals surface area contributed by atoms with Crippen LogP contribution in [0, 0.1) is 0 Å². The summed E-state index contributed by atoms with van der Waals surface area (Å²) in [5.74, 6) is -0.120. The van der Waals surface area contributed by atoms with Gasteiger partial charge in [0.25, 0.3) is 5.91 Å². The number of nitrogens with two attached hydrogens (primary N) is 1. The van der Waals surface area contributed by atoms with Gasteiger partial charge in [0.15, 0.2) is 0 Å². The van der Waals surface area contributed by atoms with Crippen molar-refractivity contribution in [2.24, 2.45) is 0 Å². The molecular formula is C14H13ClN2O3. The number of amides is 1. The summed E-state index contributed by atoms with van der Waals surface area (Å²) in [6, 6.07) is 9.15. The van der Waals surface area contributed by atoms with Gasteiger partial charge in [0.2, 0.25) is 0 Å². The molecule has 0 aromatic heterocycles. The molecule has 20 heavy (non-hydrogen) atoms. The van der Waals surface area contributed by atoms with E-state index in [1.807, 2.05) is 0 Å². The number of hydrogen-bond donors (Lipinski definition) is 3. The van der Waals surface area contributed by atoms with Crippen LogP contribution in [0.5, 0.6) is 11.5 Å². The molecular weight excluding hydrogens is 280 g/mol. The number of nitrogen functional groups attached to an aromatic ring is 1. The first-order valence-corrected chi connectivity index (χ1v) is 6.12. The Labute approximate surface area is 120 Å². The molecule has 1 amide bonds. The van der Waals surface area contributed by atoms with Crippen molar-refractivity contribution >= 4 is 28.9 Å². The number of phenolic OH excluding ortho intramolecular Hbond substituents is 1. The van der Waals surface area contributed by atoms with Gasteiger partial charge in [0, 0.05) is 11.1 Å². The van der Waals surface area contributed by atoms with Gasteiger partial charge in [-0.15, -0.1) is 0 Å². The van der Waals surface area contributed by atoms with Crippen molar-refractivity contribution in [3.63, 3.8) is 0 Å². The number of phenols is 1. The quantitative estimate of drug-likeness (QED) is 0.759. The summed E-state index contributed by atoms with van der Waals surface area (Å²) in [7, 11) is 1.52. The normalized spacial score (nSPS) is 10.1. The van der Waals surface area contributed by atoms with E-state index in [0.717, 1.165) is 0 Å². The van der Waals surface area contributed by atoms with Crippen LogP contribution in [0.15, 0.2) is 36.4 Å². The van der Waals surface area contributed by atoms with E-state index < -0.39 is 5.91 Å². The molecule has 0 unspecified atom stereocenters. The first-order chi connectivity index (χ1) is 9.51. The summed E-state index contributed by atoms with van der Waals surface area (Å²) in [5.41, 5.74) is 6.69. The number of benzene rings is 2. The molecule has 0 aliphatic carbocycles. The first-order valence-electron chi connectivity index (χ1n) is 5.74. The molecule has 0 fully saturated rings. The second-order valence-electron chi connectivity index (χ2n) is 4.07. The zero-order valence-corrected chi connectivity index (χ0v) is 11.4. The van der Waals surface area contributed by atoms with Crippen molar-refractivity contribution < 1.29 is 14.6 Å². The lowest BCUT2D eigenvalue weighted by Crippen LogP contribution is -2.13. The van der Waals surface area contributed by atoms with Crippen molar-refractivity contribution in [3.8, 4) is 11.5 Å². The molecule has 0 radical (unpaired) electrons. The lowest BCUT2D eigenvalue weighted by Gasteiger charge is -2.10. The van der Waals surface area contributed by atoms with Gasteiger partial charge in [-0.1, -0.05) is 11.6 Å². The summed E-state index contributed by atoms with van der Waals surface area (Å²) < 4.78 is 5.06. The number of aromatic hydroxyl groups is 1. The molecule has 2 aromatic rings. The minimum atomic E-state index is -0.487. The average molecular weight is 293 g/mol. The van der Waals surface area contributed by atoms with Gasteiger partial charge >= 0.3 is 0 Å². The number of carbonyl (C=O) groups excluding carboxylic acids is 1. The molecule has 5 nitrogen and oxygen atoms in total. The lowest BCUT2D eigenvalue weighted by molar-refractivity contribution is 0.102. The van der Waals surface area contributed by atoms with E-state index in [2.05, 4.69) is 5.32 Å². The standard InChI is InChI=1S/C14H13ClN2O3/c1-20-9-3-5-11(16)12(7-9)17-14(19)10-4-2-8(15)6-13(10)18/h2-7,18H,16H2,1H3,(H,17,19). The smallest absolute Gasteiger partial charge is 0.259 e. The van der Waals surface area contributed by atoms with Crippen molar-refractivity contribution in [3.05, 3.63) is 47.0 Å². The van der Waals surface area contributed by atoms with Crippen molar-refractivity contribution in [1.29, 1.82) is 0 Å². The topological polar surface area (TPSA) is 84.6 Å². The van der Waals surface area contributed by atoms with E-state index in [9.17, 15) is 9.90 Å². The zero-order valence-electron chi connectivity index (χ0n) is 10.7. The summed E-state index contributed by atoms with van der Waals surface area (Å²) in [4.78, 5) is 12.1. The number of methoxy groups -OCH3 is 1. The van der Waals surface area contributed by atoms with Crippen LogP contribution in [-0.2, 0) is 0 Å². The van der Waals surface area contributed by atoms with Gasteiger partial charge < -0.3 is 20.9 Å². The molecule has 2 rings (SSSR count). The summed E-state index contributed by atoms with van der Waals surface area (Å²) in [5, 5.41) is 12.7. The number of rotatable bonds is 3. The molecule has 0 aliphatic rings. The summed E-state index contributed by atoms with van der Waals surface area (Å²) in [6.45, 7) is 0. The van der Waals surface area contributed by atoms with Crippen molar-refractivity contribution in [2.45, 2.75) is 0 Å². The molecule has 6 heteroatoms. The highest BCUT2D eigenvalue weighted by Crippen LogP contribution is 2.27. The molecule has 104 valence electrons. The Morgan fingerprint density at radius 1 is 1.30 bits per heavy atom. The maximum absolute atomic E-state index is 12.1. The van der Waals surface area contributed by atoms with Crippen molar-refractivity contribution in [2.75, 3.05) is 18.2 Å². The molecule has 4 N–H and O–H groups in total. The fourth-order valence-electron chi connectivity index (χ4n) is 1.66. The van der Waals surface area contributed by atoms with E-state index in [1.54, 1.807) is 18.2 Å². The monoisotopic (exact) mass is 292 g/mol. The molecule has 0 saturated heterocycles. The Hall–Kier alpha value is -2.40. The second-order valence-corrected chi connectivity index (χ2v) is 4.51. The van der Waals surface area contributed by atoms with Gasteiger partial charge in [0.1, 0.15) is 11.5 Å². The second kappa shape index (κ2) is 5.71. The number of halogens is 1. The first kappa shape index (κ1) is 14.0. The molecule has 2 aromatic carbocycles. The number of hydrogen-bond acceptors (Lipinski definition) is 4. The van der Waals surface area contributed by atoms with Crippen LogP contribution in [0.2, 0.25) is 5.02 Å². The highest BCUT2D eigenvalue weighted by Gasteiger charge is 2.13. The zero-order chi connectivity index (χ0) is 14.7. The number of carbonyl (C=O) groups is 1. The highest BCUT2D eigenvalue weighted by atomic mass is 35.5. The molecule has 0 heterocycles. The third kappa shape index (κ3) is 2.95. The van der Waals surface area contributed by atoms with Crippen molar-refractivity contribution in [1.82, 2.24) is 0 Å². The fourth-order valence-corrected chi connectivity index (χ4v) is 1.82. The SMILES string of the molecule is COc1ccc(N)c(NC(=O)c2ccc(Cl)cc2O)c1. The molecule has 0 aliphatic heterocycles. The Kier molecular flexibility index (Phi) is 4.00. The largest absolute Gasteiger partial charge is 0.507 e. The predicted molar refractivity (Wildman–Crippen MR) is 78.5 cm³/mol. The van der Waals surface area contributed by atoms with E-state index in [4.69, 9.17) is 22.1 Å². The Balaban J connectivity index is 2.27. The van der Waals surface area contributed by atoms with Crippen LogP contribution in [0.3, 0.4) is 0 Å². The highest BCUT2D eigenvalue weighted by molar-refractivity contribution is 6.31. The Morgan fingerprint density at radius 3 is 2.70 bits per heavy atom. The lowest BCUT2D eigenvalue weighted by atomic mass is 10.1. The van der Waals surface area contributed by atoms with Crippen LogP contribution >= 0.6 is 11.6 Å². The van der Waals surface area contributed by atoms with Crippen LogP contribution in [0.25, 0.3) is 0 Å². The third-order valence-electron chi connectivity index (χ3n) is 2.71. The number of nitrogens with one attached hydrogen (secondary N) is 1. The van der Waals surface area contributed by atoms with Crippen LogP contribution < -0.4 is 15.8 Å². The molecule has 0 atom stereocenters. The maximum atomic E-state index is 12.1. The van der Waals surface area contributed by atoms with Crippen LogP contribution in [0.4, 0.5) is 11.4 Å². The van der Waals surface area contributed by atoms with Gasteiger partial charge in [-0.25, -0.2) is 0 Å². The predicted octanol–water partition coefficient (Wildman–Crippen LogP) is 2.89. The molecule has 0 saturated carbocycles. The van der Waals surface area contributed by atoms with Crippen LogP contribution in [-0.4, -0.2) is 18.1 Å². The minimum Gasteiger partial charge on any atom is -0.507 e. The van der Waals surface area contributed by atoms with E-state index in [0.29, 0.717) is 22.1 Å². The maximum Gasteiger partial charge on any atom is 0.259 e. The van der Waals surface area contributed by atoms with Gasteiger partial charge in [0.05, 0.1) is 24.0 Å². The Bertz CT molecular complexity index is 659. The van der Waals surface area contributed by atoms with Gasteiger partial charge in [-0.3, -0.25) is 4.79 Å². The number of ether oxygens (including phenoxy) is 1. The van der Waals surface area contributed by atoms with E-state index in [1.165, 1.54) is 25.3 Å². The molecule has 0 bridgehead atoms. The van der Waals surface area contributed by atoms with Crippen LogP contribution in [0.1, 0.15) is 10.4 Å². The summed E-state index contributed by atoms with van der Waals surface area (Å²) >= 11 is 5.72. The molecule has 0 spiro atoms. The van der Waals surface area contributed by atoms with E-state index in [-0.39, 0.29) is 11.3 Å². The third-order valence-corrected chi connectivity index (χ3v) is 2.95. The summed E-state index contributed by atoms with van der Waals surface area (Å²) in [6.07, 6.45) is 0. The Morgan fingerprint density at radius 2 is 2.05 bits per heavy atom. The van der Waals surface area contributed by atoms with E-state index >= 15 is 0 Å². The van der Waals surface area contributed by atoms with Gasteiger partial charge in [-0.2, -0.15) is 0 Å². The minimum absolute atomic E-state index is 0.108. The average Bonchev–Trinajstić information content (AvgIpc) is 2.41. The number of anilines is 2. The van der Waals surface area contributed by atoms with Gasteiger partial charge in [-0.05, 0) is 30.3 Å². The fraction of sp³-hybridized carbons (Fsp3) is 0.0714.